The average Bonchev–Trinajstić information content (AvgIpc) is 3.01. The van der Waals surface area contributed by atoms with Gasteiger partial charge in [0, 0.05) is 10.6 Å². The summed E-state index contributed by atoms with van der Waals surface area (Å²) in [7, 11) is 0. The van der Waals surface area contributed by atoms with E-state index in [2.05, 4.69) is 25.6 Å². The summed E-state index contributed by atoms with van der Waals surface area (Å²) in [6.45, 7) is 0. The number of aromatic amines is 2. The van der Waals surface area contributed by atoms with Crippen LogP contribution in [0.3, 0.4) is 0 Å². The molecular weight excluding hydrogens is 274 g/mol. The van der Waals surface area contributed by atoms with Crippen LogP contribution in [0.25, 0.3) is 22.6 Å². The highest BCUT2D eigenvalue weighted by Gasteiger charge is 2.09. The molecule has 3 rings (SSSR count). The number of pyridine rings is 1. The molecule has 0 unspecified atom stereocenters. The number of hydrogen-bond acceptors (Lipinski definition) is 5. The van der Waals surface area contributed by atoms with Gasteiger partial charge in [-0.2, -0.15) is 5.21 Å². The second kappa shape index (κ2) is 5.30. The first-order chi connectivity index (χ1) is 9.78. The van der Waals surface area contributed by atoms with E-state index >= 15 is 0 Å². The lowest BCUT2D eigenvalue weighted by atomic mass is 10.1. The minimum atomic E-state index is -0.238. The van der Waals surface area contributed by atoms with Crippen LogP contribution < -0.4 is 5.56 Å². The number of thioether (sulfide) groups is 1. The Balaban J connectivity index is 2.04. The Bertz CT molecular complexity index is 781. The van der Waals surface area contributed by atoms with Crippen LogP contribution in [0.4, 0.5) is 0 Å². The Morgan fingerprint density at radius 3 is 2.80 bits per heavy atom. The number of H-pyrrole nitrogens is 2. The molecule has 0 bridgehead atoms. The molecule has 0 saturated heterocycles. The first-order valence-corrected chi connectivity index (χ1v) is 7.12. The molecule has 3 aromatic rings. The largest absolute Gasteiger partial charge is 0.321 e. The topological polar surface area (TPSA) is 87.3 Å². The molecule has 0 aliphatic rings. The molecule has 7 heteroatoms. The van der Waals surface area contributed by atoms with Crippen LogP contribution in [-0.2, 0) is 0 Å². The highest BCUT2D eigenvalue weighted by molar-refractivity contribution is 7.98. The third-order valence-corrected chi connectivity index (χ3v) is 3.60. The quantitative estimate of drug-likeness (QED) is 0.718. The minimum Gasteiger partial charge on any atom is -0.321 e. The van der Waals surface area contributed by atoms with Crippen molar-refractivity contribution in [2.45, 2.75) is 4.90 Å². The van der Waals surface area contributed by atoms with Crippen molar-refractivity contribution in [1.82, 2.24) is 25.6 Å². The Morgan fingerprint density at radius 2 is 2.10 bits per heavy atom. The average molecular weight is 285 g/mol. The number of rotatable bonds is 3. The highest BCUT2D eigenvalue weighted by atomic mass is 32.2. The molecular formula is C13H11N5OS. The SMILES string of the molecule is CSc1cccc(-c2ccc(-c3nn[nH]n3)c(=O)[nH]2)c1. The maximum absolute atomic E-state index is 12.1. The van der Waals surface area contributed by atoms with Gasteiger partial charge in [0.05, 0.1) is 5.56 Å². The molecule has 2 heterocycles. The molecule has 0 saturated carbocycles. The van der Waals surface area contributed by atoms with Gasteiger partial charge in [-0.15, -0.1) is 22.0 Å². The molecule has 0 aliphatic heterocycles. The van der Waals surface area contributed by atoms with Crippen molar-refractivity contribution >= 4 is 11.8 Å². The third-order valence-electron chi connectivity index (χ3n) is 2.88. The summed E-state index contributed by atoms with van der Waals surface area (Å²) < 4.78 is 0. The lowest BCUT2D eigenvalue weighted by molar-refractivity contribution is 0.881. The minimum absolute atomic E-state index is 0.238. The van der Waals surface area contributed by atoms with Crippen molar-refractivity contribution in [3.63, 3.8) is 0 Å². The van der Waals surface area contributed by atoms with Gasteiger partial charge in [-0.1, -0.05) is 12.1 Å². The Kier molecular flexibility index (Phi) is 3.34. The second-order valence-corrected chi connectivity index (χ2v) is 4.96. The summed E-state index contributed by atoms with van der Waals surface area (Å²) in [5.41, 5.74) is 1.88. The number of benzene rings is 1. The zero-order valence-electron chi connectivity index (χ0n) is 10.6. The number of aromatic nitrogens is 5. The van der Waals surface area contributed by atoms with Gasteiger partial charge in [0.2, 0.25) is 5.82 Å². The van der Waals surface area contributed by atoms with Gasteiger partial charge >= 0.3 is 0 Å². The van der Waals surface area contributed by atoms with Crippen molar-refractivity contribution in [2.75, 3.05) is 6.26 Å². The van der Waals surface area contributed by atoms with Crippen LogP contribution >= 0.6 is 11.8 Å². The normalized spacial score (nSPS) is 10.7. The fourth-order valence-electron chi connectivity index (χ4n) is 1.88. The molecule has 0 spiro atoms. The van der Waals surface area contributed by atoms with E-state index < -0.39 is 0 Å². The molecule has 0 aliphatic carbocycles. The maximum Gasteiger partial charge on any atom is 0.259 e. The first-order valence-electron chi connectivity index (χ1n) is 5.89. The molecule has 2 aromatic heterocycles. The number of nitrogens with one attached hydrogen (secondary N) is 2. The Morgan fingerprint density at radius 1 is 1.20 bits per heavy atom. The molecule has 0 fully saturated rings. The van der Waals surface area contributed by atoms with Crippen molar-refractivity contribution in [3.8, 4) is 22.6 Å². The van der Waals surface area contributed by atoms with Crippen LogP contribution in [0.15, 0.2) is 46.1 Å². The maximum atomic E-state index is 12.1. The predicted octanol–water partition coefficient (Wildman–Crippen LogP) is 1.94. The van der Waals surface area contributed by atoms with Gasteiger partial charge in [-0.25, -0.2) is 0 Å². The van der Waals surface area contributed by atoms with Gasteiger partial charge in [0.15, 0.2) is 0 Å². The number of nitrogens with zero attached hydrogens (tertiary/aromatic N) is 3. The summed E-state index contributed by atoms with van der Waals surface area (Å²) in [5, 5.41) is 13.4. The predicted molar refractivity (Wildman–Crippen MR) is 77.5 cm³/mol. The van der Waals surface area contributed by atoms with Gasteiger partial charge < -0.3 is 4.98 Å². The van der Waals surface area contributed by atoms with Crippen molar-refractivity contribution in [3.05, 3.63) is 46.8 Å². The third kappa shape index (κ3) is 2.35. The fraction of sp³-hybridized carbons (Fsp3) is 0.0769. The van der Waals surface area contributed by atoms with E-state index in [4.69, 9.17) is 0 Å². The van der Waals surface area contributed by atoms with Gasteiger partial charge in [-0.3, -0.25) is 4.79 Å². The summed E-state index contributed by atoms with van der Waals surface area (Å²) in [6.07, 6.45) is 2.02. The number of tetrazole rings is 1. The first kappa shape index (κ1) is 12.6. The summed E-state index contributed by atoms with van der Waals surface area (Å²) >= 11 is 1.66. The van der Waals surface area contributed by atoms with E-state index in [9.17, 15) is 4.79 Å². The lowest BCUT2D eigenvalue weighted by Gasteiger charge is -2.04. The van der Waals surface area contributed by atoms with Crippen molar-refractivity contribution in [1.29, 1.82) is 0 Å². The second-order valence-electron chi connectivity index (χ2n) is 4.08. The molecule has 6 nitrogen and oxygen atoms in total. The van der Waals surface area contributed by atoms with E-state index in [1.165, 1.54) is 0 Å². The Labute approximate surface area is 118 Å². The van der Waals surface area contributed by atoms with E-state index in [1.807, 2.05) is 36.6 Å². The van der Waals surface area contributed by atoms with Crippen LogP contribution in [0.5, 0.6) is 0 Å². The fourth-order valence-corrected chi connectivity index (χ4v) is 2.34. The monoisotopic (exact) mass is 285 g/mol. The van der Waals surface area contributed by atoms with Crippen molar-refractivity contribution in [2.24, 2.45) is 0 Å². The van der Waals surface area contributed by atoms with Gasteiger partial charge in [-0.05, 0) is 41.3 Å². The van der Waals surface area contributed by atoms with Crippen LogP contribution in [-0.4, -0.2) is 31.9 Å². The summed E-state index contributed by atoms with van der Waals surface area (Å²) in [4.78, 5) is 16.1. The Hall–Kier alpha value is -2.41. The molecule has 0 atom stereocenters. The van der Waals surface area contributed by atoms with E-state index in [-0.39, 0.29) is 11.4 Å². The van der Waals surface area contributed by atoms with Gasteiger partial charge in [0.25, 0.3) is 5.56 Å². The summed E-state index contributed by atoms with van der Waals surface area (Å²) in [6, 6.07) is 11.5. The van der Waals surface area contributed by atoms with E-state index in [1.54, 1.807) is 17.8 Å². The smallest absolute Gasteiger partial charge is 0.259 e. The van der Waals surface area contributed by atoms with Crippen LogP contribution in [0.1, 0.15) is 0 Å². The molecule has 0 amide bonds. The molecule has 100 valence electrons. The lowest BCUT2D eigenvalue weighted by Crippen LogP contribution is -2.10. The molecule has 1 aromatic carbocycles. The highest BCUT2D eigenvalue weighted by Crippen LogP contribution is 2.23. The van der Waals surface area contributed by atoms with E-state index in [0.717, 1.165) is 16.2 Å². The zero-order valence-corrected chi connectivity index (χ0v) is 11.4. The van der Waals surface area contributed by atoms with Crippen LogP contribution in [0.2, 0.25) is 0 Å². The van der Waals surface area contributed by atoms with Gasteiger partial charge in [0.1, 0.15) is 0 Å². The summed E-state index contributed by atoms with van der Waals surface area (Å²) in [5.74, 6) is 0.288. The van der Waals surface area contributed by atoms with Crippen LogP contribution in [0, 0.1) is 0 Å². The van der Waals surface area contributed by atoms with Crippen molar-refractivity contribution < 1.29 is 0 Å². The van der Waals surface area contributed by atoms with E-state index in [0.29, 0.717) is 5.56 Å². The number of hydrogen-bond donors (Lipinski definition) is 2. The molecule has 20 heavy (non-hydrogen) atoms. The molecule has 2 N–H and O–H groups in total. The zero-order chi connectivity index (χ0) is 13.9. The molecule has 0 radical (unpaired) electrons. The standard InChI is InChI=1S/C13H11N5OS/c1-20-9-4-2-3-8(7-9)11-6-5-10(13(19)14-11)12-15-17-18-16-12/h2-7H,1H3,(H,14,19)(H,15,16,17,18).